The molecule has 0 bridgehead atoms. The van der Waals surface area contributed by atoms with Crippen molar-refractivity contribution in [3.8, 4) is 0 Å². The molecule has 0 aliphatic carbocycles. The summed E-state index contributed by atoms with van der Waals surface area (Å²) in [5.74, 6) is -0.0522. The average molecular weight is 183 g/mol. The SMILES string of the molecule is O=C(CCCO)NCc1ccn[nH]1. The van der Waals surface area contributed by atoms with Crippen molar-refractivity contribution in [2.24, 2.45) is 0 Å². The van der Waals surface area contributed by atoms with Crippen LogP contribution in [0.2, 0.25) is 0 Å². The summed E-state index contributed by atoms with van der Waals surface area (Å²) in [5, 5.41) is 17.7. The fraction of sp³-hybridized carbons (Fsp3) is 0.500. The molecule has 1 rings (SSSR count). The van der Waals surface area contributed by atoms with E-state index < -0.39 is 0 Å². The highest BCUT2D eigenvalue weighted by Crippen LogP contribution is 1.92. The Morgan fingerprint density at radius 1 is 1.69 bits per heavy atom. The number of amides is 1. The van der Waals surface area contributed by atoms with Gasteiger partial charge >= 0.3 is 0 Å². The van der Waals surface area contributed by atoms with Gasteiger partial charge in [-0.25, -0.2) is 0 Å². The van der Waals surface area contributed by atoms with Crippen molar-refractivity contribution in [2.75, 3.05) is 6.61 Å². The Bertz CT molecular complexity index is 246. The summed E-state index contributed by atoms with van der Waals surface area (Å²) < 4.78 is 0. The Morgan fingerprint density at radius 3 is 3.15 bits per heavy atom. The Labute approximate surface area is 76.2 Å². The molecular formula is C8H13N3O2. The van der Waals surface area contributed by atoms with Crippen LogP contribution in [0.25, 0.3) is 0 Å². The van der Waals surface area contributed by atoms with Crippen LogP contribution < -0.4 is 5.32 Å². The van der Waals surface area contributed by atoms with Gasteiger partial charge in [0.2, 0.25) is 5.91 Å². The zero-order valence-corrected chi connectivity index (χ0v) is 7.29. The molecule has 0 aliphatic rings. The summed E-state index contributed by atoms with van der Waals surface area (Å²) >= 11 is 0. The van der Waals surface area contributed by atoms with Crippen LogP contribution in [0.4, 0.5) is 0 Å². The topological polar surface area (TPSA) is 78.0 Å². The van der Waals surface area contributed by atoms with Crippen LogP contribution in [-0.4, -0.2) is 27.8 Å². The molecule has 0 atom stereocenters. The van der Waals surface area contributed by atoms with Gasteiger partial charge in [0.05, 0.1) is 12.2 Å². The number of hydrogen-bond acceptors (Lipinski definition) is 3. The maximum Gasteiger partial charge on any atom is 0.220 e. The molecule has 5 nitrogen and oxygen atoms in total. The Morgan fingerprint density at radius 2 is 2.54 bits per heavy atom. The lowest BCUT2D eigenvalue weighted by Crippen LogP contribution is -2.22. The number of aliphatic hydroxyl groups is 1. The summed E-state index contributed by atoms with van der Waals surface area (Å²) in [7, 11) is 0. The molecule has 1 aromatic heterocycles. The summed E-state index contributed by atoms with van der Waals surface area (Å²) in [5.41, 5.74) is 0.873. The van der Waals surface area contributed by atoms with Crippen molar-refractivity contribution in [3.05, 3.63) is 18.0 Å². The lowest BCUT2D eigenvalue weighted by molar-refractivity contribution is -0.121. The molecule has 3 N–H and O–H groups in total. The number of nitrogens with zero attached hydrogens (tertiary/aromatic N) is 1. The second kappa shape index (κ2) is 5.31. The van der Waals surface area contributed by atoms with E-state index in [4.69, 9.17) is 5.11 Å². The van der Waals surface area contributed by atoms with E-state index in [9.17, 15) is 4.79 Å². The van der Waals surface area contributed by atoms with Crippen molar-refractivity contribution >= 4 is 5.91 Å². The Balaban J connectivity index is 2.15. The molecule has 0 fully saturated rings. The number of rotatable bonds is 5. The number of carbonyl (C=O) groups excluding carboxylic acids is 1. The summed E-state index contributed by atoms with van der Waals surface area (Å²) in [6.07, 6.45) is 2.51. The van der Waals surface area contributed by atoms with Crippen LogP contribution in [0.3, 0.4) is 0 Å². The number of carbonyl (C=O) groups is 1. The lowest BCUT2D eigenvalue weighted by Gasteiger charge is -2.01. The minimum absolute atomic E-state index is 0.0522. The van der Waals surface area contributed by atoms with Crippen molar-refractivity contribution in [2.45, 2.75) is 19.4 Å². The van der Waals surface area contributed by atoms with Crippen molar-refractivity contribution in [1.29, 1.82) is 0 Å². The van der Waals surface area contributed by atoms with Crippen LogP contribution in [-0.2, 0) is 11.3 Å². The predicted octanol–water partition coefficient (Wildman–Crippen LogP) is -0.202. The van der Waals surface area contributed by atoms with Gasteiger partial charge in [0.15, 0.2) is 0 Å². The average Bonchev–Trinajstić information content (AvgIpc) is 2.64. The first-order valence-electron chi connectivity index (χ1n) is 4.18. The summed E-state index contributed by atoms with van der Waals surface area (Å²) in [6.45, 7) is 0.516. The van der Waals surface area contributed by atoms with Crippen LogP contribution in [0.1, 0.15) is 18.5 Å². The van der Waals surface area contributed by atoms with Gasteiger partial charge in [-0.05, 0) is 12.5 Å². The first kappa shape index (κ1) is 9.73. The smallest absolute Gasteiger partial charge is 0.220 e. The third kappa shape index (κ3) is 3.71. The molecule has 72 valence electrons. The first-order chi connectivity index (χ1) is 6.33. The van der Waals surface area contributed by atoms with E-state index in [1.807, 2.05) is 0 Å². The minimum Gasteiger partial charge on any atom is -0.396 e. The predicted molar refractivity (Wildman–Crippen MR) is 46.8 cm³/mol. The molecule has 1 amide bonds. The largest absolute Gasteiger partial charge is 0.396 e. The molecular weight excluding hydrogens is 170 g/mol. The number of hydrogen-bond donors (Lipinski definition) is 3. The van der Waals surface area contributed by atoms with Crippen molar-refractivity contribution < 1.29 is 9.90 Å². The lowest BCUT2D eigenvalue weighted by atomic mass is 10.3. The van der Waals surface area contributed by atoms with Gasteiger partial charge in [-0.3, -0.25) is 9.89 Å². The molecule has 0 saturated heterocycles. The van der Waals surface area contributed by atoms with Crippen molar-refractivity contribution in [3.63, 3.8) is 0 Å². The van der Waals surface area contributed by atoms with E-state index in [-0.39, 0.29) is 12.5 Å². The third-order valence-electron chi connectivity index (χ3n) is 1.60. The number of aromatic amines is 1. The highest BCUT2D eigenvalue weighted by molar-refractivity contribution is 5.75. The Kier molecular flexibility index (Phi) is 3.98. The van der Waals surface area contributed by atoms with Gasteiger partial charge in [0.1, 0.15) is 0 Å². The van der Waals surface area contributed by atoms with Gasteiger partial charge in [-0.15, -0.1) is 0 Å². The fourth-order valence-electron chi connectivity index (χ4n) is 0.905. The van der Waals surface area contributed by atoms with E-state index in [1.165, 1.54) is 0 Å². The monoisotopic (exact) mass is 183 g/mol. The molecule has 0 saturated carbocycles. The van der Waals surface area contributed by atoms with E-state index >= 15 is 0 Å². The third-order valence-corrected chi connectivity index (χ3v) is 1.60. The molecule has 0 spiro atoms. The van der Waals surface area contributed by atoms with Crippen LogP contribution in [0, 0.1) is 0 Å². The van der Waals surface area contributed by atoms with Crippen LogP contribution in [0.5, 0.6) is 0 Å². The van der Waals surface area contributed by atoms with E-state index in [0.29, 0.717) is 19.4 Å². The van der Waals surface area contributed by atoms with Gasteiger partial charge < -0.3 is 10.4 Å². The molecule has 0 aromatic carbocycles. The normalized spacial score (nSPS) is 9.92. The van der Waals surface area contributed by atoms with E-state index in [0.717, 1.165) is 5.69 Å². The second-order valence-corrected chi connectivity index (χ2v) is 2.69. The molecule has 13 heavy (non-hydrogen) atoms. The van der Waals surface area contributed by atoms with Gasteiger partial charge in [-0.1, -0.05) is 0 Å². The summed E-state index contributed by atoms with van der Waals surface area (Å²) in [4.78, 5) is 11.0. The molecule has 0 radical (unpaired) electrons. The molecule has 1 aromatic rings. The zero-order valence-electron chi connectivity index (χ0n) is 7.29. The Hall–Kier alpha value is -1.36. The highest BCUT2D eigenvalue weighted by atomic mass is 16.3. The van der Waals surface area contributed by atoms with Gasteiger partial charge in [0, 0.05) is 19.2 Å². The molecule has 5 heteroatoms. The van der Waals surface area contributed by atoms with E-state index in [2.05, 4.69) is 15.5 Å². The molecule has 1 heterocycles. The molecule has 0 unspecified atom stereocenters. The zero-order chi connectivity index (χ0) is 9.52. The number of aliphatic hydroxyl groups excluding tert-OH is 1. The minimum atomic E-state index is -0.0522. The second-order valence-electron chi connectivity index (χ2n) is 2.69. The number of nitrogens with one attached hydrogen (secondary N) is 2. The van der Waals surface area contributed by atoms with Gasteiger partial charge in [0.25, 0.3) is 0 Å². The van der Waals surface area contributed by atoms with E-state index in [1.54, 1.807) is 12.3 Å². The molecule has 0 aliphatic heterocycles. The van der Waals surface area contributed by atoms with Crippen molar-refractivity contribution in [1.82, 2.24) is 15.5 Å². The fourth-order valence-corrected chi connectivity index (χ4v) is 0.905. The quantitative estimate of drug-likeness (QED) is 0.591. The number of H-pyrrole nitrogens is 1. The summed E-state index contributed by atoms with van der Waals surface area (Å²) in [6, 6.07) is 1.80. The van der Waals surface area contributed by atoms with Crippen LogP contribution in [0.15, 0.2) is 12.3 Å². The van der Waals surface area contributed by atoms with Gasteiger partial charge in [-0.2, -0.15) is 5.10 Å². The maximum absolute atomic E-state index is 11.0. The maximum atomic E-state index is 11.0. The van der Waals surface area contributed by atoms with Crippen LogP contribution >= 0.6 is 0 Å². The number of aromatic nitrogens is 2. The standard InChI is InChI=1S/C8H13N3O2/c12-5-1-2-8(13)9-6-7-3-4-10-11-7/h3-4,12H,1-2,5-6H2,(H,9,13)(H,10,11). The highest BCUT2D eigenvalue weighted by Gasteiger charge is 2.00. The first-order valence-corrected chi connectivity index (χ1v) is 4.18.